The van der Waals surface area contributed by atoms with Crippen LogP contribution in [0.1, 0.15) is 28.6 Å². The van der Waals surface area contributed by atoms with Crippen LogP contribution < -0.4 is 5.32 Å². The normalized spacial score (nSPS) is 11.7. The van der Waals surface area contributed by atoms with E-state index in [1.165, 1.54) is 13.2 Å². The number of furan rings is 1. The summed E-state index contributed by atoms with van der Waals surface area (Å²) >= 11 is 0. The number of benzene rings is 1. The van der Waals surface area contributed by atoms with E-state index in [2.05, 4.69) is 5.32 Å². The topological polar surface area (TPSA) is 77.8 Å². The minimum atomic E-state index is -0.892. The number of rotatable bonds is 7. The van der Waals surface area contributed by atoms with Gasteiger partial charge in [-0.05, 0) is 36.8 Å². The van der Waals surface area contributed by atoms with Crippen LogP contribution in [0, 0.1) is 0 Å². The Labute approximate surface area is 134 Å². The quantitative estimate of drug-likeness (QED) is 0.793. The lowest BCUT2D eigenvalue weighted by Crippen LogP contribution is -2.35. The molecule has 1 amide bonds. The van der Waals surface area contributed by atoms with Crippen molar-refractivity contribution in [1.82, 2.24) is 5.32 Å². The minimum absolute atomic E-state index is 0.249. The molecule has 0 bridgehead atoms. The second-order valence-corrected chi connectivity index (χ2v) is 4.97. The highest BCUT2D eigenvalue weighted by molar-refractivity contribution is 5.92. The third-order valence-electron chi connectivity index (χ3n) is 3.17. The molecule has 1 N–H and O–H groups in total. The van der Waals surface area contributed by atoms with Crippen molar-refractivity contribution in [2.75, 3.05) is 7.11 Å². The third kappa shape index (κ3) is 4.96. The molecular formula is C17H19NO5. The van der Waals surface area contributed by atoms with Crippen LogP contribution in [0.5, 0.6) is 0 Å². The van der Waals surface area contributed by atoms with E-state index in [9.17, 15) is 9.59 Å². The van der Waals surface area contributed by atoms with Gasteiger partial charge >= 0.3 is 5.97 Å². The van der Waals surface area contributed by atoms with Gasteiger partial charge in [-0.25, -0.2) is 4.79 Å². The van der Waals surface area contributed by atoms with Gasteiger partial charge in [0.05, 0.1) is 25.0 Å². The molecule has 23 heavy (non-hydrogen) atoms. The molecule has 0 saturated carbocycles. The van der Waals surface area contributed by atoms with Gasteiger partial charge in [-0.2, -0.15) is 0 Å². The molecule has 0 spiro atoms. The molecule has 2 rings (SSSR count). The summed E-state index contributed by atoms with van der Waals surface area (Å²) in [6, 6.07) is 10.3. The number of amides is 1. The number of methoxy groups -OCH3 is 1. The highest BCUT2D eigenvalue weighted by Crippen LogP contribution is 2.08. The minimum Gasteiger partial charge on any atom is -0.467 e. The van der Waals surface area contributed by atoms with Crippen molar-refractivity contribution in [2.45, 2.75) is 26.2 Å². The molecule has 1 atom stereocenters. The number of carbonyl (C=O) groups excluding carboxylic acids is 2. The van der Waals surface area contributed by atoms with Gasteiger partial charge in [0, 0.05) is 7.11 Å². The van der Waals surface area contributed by atoms with Crippen LogP contribution in [-0.2, 0) is 27.4 Å². The van der Waals surface area contributed by atoms with Crippen molar-refractivity contribution < 1.29 is 23.5 Å². The summed E-state index contributed by atoms with van der Waals surface area (Å²) < 4.78 is 15.3. The molecular weight excluding hydrogens is 298 g/mol. The molecule has 122 valence electrons. The molecule has 1 aromatic carbocycles. The van der Waals surface area contributed by atoms with Crippen LogP contribution in [0.3, 0.4) is 0 Å². The standard InChI is InChI=1S/C17H19NO5/c1-12(16(19)18-10-15-4-3-9-22-15)23-17(20)14-7-5-13(6-8-14)11-21-2/h3-9,12H,10-11H2,1-2H3,(H,18,19)/t12-/m1/s1. The highest BCUT2D eigenvalue weighted by atomic mass is 16.5. The number of nitrogens with one attached hydrogen (secondary N) is 1. The lowest BCUT2D eigenvalue weighted by molar-refractivity contribution is -0.129. The number of hydrogen-bond donors (Lipinski definition) is 1. The molecule has 0 aliphatic heterocycles. The first-order valence-electron chi connectivity index (χ1n) is 7.19. The van der Waals surface area contributed by atoms with Gasteiger partial charge in [0.15, 0.2) is 6.10 Å². The van der Waals surface area contributed by atoms with Crippen LogP contribution >= 0.6 is 0 Å². The lowest BCUT2D eigenvalue weighted by Gasteiger charge is -2.13. The summed E-state index contributed by atoms with van der Waals surface area (Å²) in [7, 11) is 1.60. The van der Waals surface area contributed by atoms with Crippen molar-refractivity contribution in [2.24, 2.45) is 0 Å². The summed E-state index contributed by atoms with van der Waals surface area (Å²) in [5, 5.41) is 2.64. The van der Waals surface area contributed by atoms with Crippen molar-refractivity contribution in [3.63, 3.8) is 0 Å². The largest absolute Gasteiger partial charge is 0.467 e. The van der Waals surface area contributed by atoms with Crippen molar-refractivity contribution in [3.8, 4) is 0 Å². The first-order valence-corrected chi connectivity index (χ1v) is 7.19. The summed E-state index contributed by atoms with van der Waals surface area (Å²) in [6.07, 6.45) is 0.633. The predicted octanol–water partition coefficient (Wildman–Crippen LogP) is 2.29. The highest BCUT2D eigenvalue weighted by Gasteiger charge is 2.18. The molecule has 0 unspecified atom stereocenters. The van der Waals surface area contributed by atoms with E-state index in [1.54, 1.807) is 43.5 Å². The Balaban J connectivity index is 1.84. The average molecular weight is 317 g/mol. The van der Waals surface area contributed by atoms with E-state index < -0.39 is 12.1 Å². The Kier molecular flexibility index (Phi) is 5.94. The molecule has 0 aliphatic carbocycles. The molecule has 0 saturated heterocycles. The Morgan fingerprint density at radius 2 is 1.96 bits per heavy atom. The third-order valence-corrected chi connectivity index (χ3v) is 3.17. The predicted molar refractivity (Wildman–Crippen MR) is 82.6 cm³/mol. The number of hydrogen-bond acceptors (Lipinski definition) is 5. The van der Waals surface area contributed by atoms with Crippen LogP contribution in [0.15, 0.2) is 47.1 Å². The van der Waals surface area contributed by atoms with Crippen LogP contribution in [0.25, 0.3) is 0 Å². The van der Waals surface area contributed by atoms with Crippen LogP contribution in [0.2, 0.25) is 0 Å². The van der Waals surface area contributed by atoms with Crippen LogP contribution in [0.4, 0.5) is 0 Å². The number of carbonyl (C=O) groups is 2. The van der Waals surface area contributed by atoms with Gasteiger partial charge < -0.3 is 19.2 Å². The van der Waals surface area contributed by atoms with E-state index in [-0.39, 0.29) is 12.5 Å². The van der Waals surface area contributed by atoms with Gasteiger partial charge in [-0.15, -0.1) is 0 Å². The summed E-state index contributed by atoms with van der Waals surface area (Å²) in [4.78, 5) is 23.9. The fourth-order valence-corrected chi connectivity index (χ4v) is 1.92. The molecule has 0 fully saturated rings. The maximum Gasteiger partial charge on any atom is 0.338 e. The smallest absolute Gasteiger partial charge is 0.338 e. The van der Waals surface area contributed by atoms with Crippen molar-refractivity contribution in [1.29, 1.82) is 0 Å². The summed E-state index contributed by atoms with van der Waals surface area (Å²) in [5.74, 6) is -0.300. The fraction of sp³-hybridized carbons (Fsp3) is 0.294. The molecule has 0 radical (unpaired) electrons. The Morgan fingerprint density at radius 1 is 1.22 bits per heavy atom. The second-order valence-electron chi connectivity index (χ2n) is 4.97. The first kappa shape index (κ1) is 16.8. The summed E-state index contributed by atoms with van der Waals surface area (Å²) in [6.45, 7) is 2.25. The maximum absolute atomic E-state index is 12.0. The van der Waals surface area contributed by atoms with E-state index in [0.717, 1.165) is 5.56 Å². The van der Waals surface area contributed by atoms with Gasteiger partial charge in [-0.1, -0.05) is 12.1 Å². The second kappa shape index (κ2) is 8.14. The zero-order chi connectivity index (χ0) is 16.7. The lowest BCUT2D eigenvalue weighted by atomic mass is 10.1. The SMILES string of the molecule is COCc1ccc(C(=O)O[C@H](C)C(=O)NCc2ccco2)cc1. The number of ether oxygens (including phenoxy) is 2. The fourth-order valence-electron chi connectivity index (χ4n) is 1.92. The Bertz CT molecular complexity index is 634. The average Bonchev–Trinajstić information content (AvgIpc) is 3.07. The molecule has 1 heterocycles. The van der Waals surface area contributed by atoms with E-state index in [4.69, 9.17) is 13.9 Å². The van der Waals surface area contributed by atoms with Crippen molar-refractivity contribution >= 4 is 11.9 Å². The molecule has 1 aromatic heterocycles. The Morgan fingerprint density at radius 3 is 2.57 bits per heavy atom. The number of esters is 1. The zero-order valence-electron chi connectivity index (χ0n) is 13.1. The van der Waals surface area contributed by atoms with Crippen molar-refractivity contribution in [3.05, 3.63) is 59.5 Å². The van der Waals surface area contributed by atoms with Gasteiger partial charge in [0.2, 0.25) is 0 Å². The molecule has 0 aliphatic rings. The molecule has 6 heteroatoms. The van der Waals surface area contributed by atoms with E-state index in [1.807, 2.05) is 0 Å². The Hall–Kier alpha value is -2.60. The van der Waals surface area contributed by atoms with Gasteiger partial charge in [0.25, 0.3) is 5.91 Å². The molecule has 2 aromatic rings. The zero-order valence-corrected chi connectivity index (χ0v) is 13.1. The van der Waals surface area contributed by atoms with Gasteiger partial charge in [-0.3, -0.25) is 4.79 Å². The first-order chi connectivity index (χ1) is 11.1. The summed E-state index contributed by atoms with van der Waals surface area (Å²) in [5.41, 5.74) is 1.34. The molecule has 6 nitrogen and oxygen atoms in total. The van der Waals surface area contributed by atoms with E-state index in [0.29, 0.717) is 17.9 Å². The monoisotopic (exact) mass is 317 g/mol. The van der Waals surface area contributed by atoms with Crippen LogP contribution in [-0.4, -0.2) is 25.1 Å². The van der Waals surface area contributed by atoms with Gasteiger partial charge in [0.1, 0.15) is 5.76 Å². The van der Waals surface area contributed by atoms with E-state index >= 15 is 0 Å². The maximum atomic E-state index is 12.0.